The highest BCUT2D eigenvalue weighted by atomic mass is 32.1. The number of pyridine rings is 1. The minimum absolute atomic E-state index is 0.0938. The van der Waals surface area contributed by atoms with Crippen LogP contribution in [0.5, 0.6) is 0 Å². The highest BCUT2D eigenvalue weighted by molar-refractivity contribution is 7.14. The summed E-state index contributed by atoms with van der Waals surface area (Å²) in [6, 6.07) is 9.34. The maximum atomic E-state index is 12.3. The third kappa shape index (κ3) is 3.81. The van der Waals surface area contributed by atoms with Crippen LogP contribution < -0.4 is 5.32 Å². The molecule has 26 heavy (non-hydrogen) atoms. The normalized spacial score (nSPS) is 16.7. The molecule has 0 aromatic carbocycles. The number of hydrogen-bond donors (Lipinski definition) is 1. The van der Waals surface area contributed by atoms with Gasteiger partial charge in [0.2, 0.25) is 11.7 Å². The molecule has 1 saturated heterocycles. The Balaban J connectivity index is 1.29. The van der Waals surface area contributed by atoms with E-state index in [4.69, 9.17) is 9.26 Å². The Hall–Kier alpha value is -2.58. The van der Waals surface area contributed by atoms with Crippen LogP contribution in [0.2, 0.25) is 0 Å². The van der Waals surface area contributed by atoms with Crippen LogP contribution in [0.25, 0.3) is 11.5 Å². The quantitative estimate of drug-likeness (QED) is 0.717. The largest absolute Gasteiger partial charge is 0.373 e. The first-order valence-electron chi connectivity index (χ1n) is 8.53. The Morgan fingerprint density at radius 2 is 2.27 bits per heavy atom. The molecule has 3 aromatic heterocycles. The van der Waals surface area contributed by atoms with Crippen LogP contribution >= 0.6 is 11.3 Å². The predicted octanol–water partition coefficient (Wildman–Crippen LogP) is 3.02. The number of amides is 1. The average molecular weight is 370 g/mol. The van der Waals surface area contributed by atoms with Gasteiger partial charge in [0.1, 0.15) is 5.69 Å². The maximum Gasteiger partial charge on any atom is 0.261 e. The summed E-state index contributed by atoms with van der Waals surface area (Å²) in [6.45, 7) is 1.23. The van der Waals surface area contributed by atoms with Crippen LogP contribution in [0.15, 0.2) is 41.1 Å². The number of rotatable bonds is 6. The number of hydrogen-bond acceptors (Lipinski definition) is 7. The van der Waals surface area contributed by atoms with E-state index in [1.54, 1.807) is 6.20 Å². The van der Waals surface area contributed by atoms with Gasteiger partial charge in [-0.05, 0) is 37.1 Å². The molecule has 0 unspecified atom stereocenters. The lowest BCUT2D eigenvalue weighted by Crippen LogP contribution is -2.24. The summed E-state index contributed by atoms with van der Waals surface area (Å²) in [7, 11) is 0. The van der Waals surface area contributed by atoms with Crippen LogP contribution in [0.3, 0.4) is 0 Å². The Labute approximate surface area is 154 Å². The summed E-state index contributed by atoms with van der Waals surface area (Å²) in [6.07, 6.45) is 4.39. The molecule has 1 fully saturated rings. The molecule has 1 atom stereocenters. The van der Waals surface area contributed by atoms with Gasteiger partial charge >= 0.3 is 0 Å². The zero-order chi connectivity index (χ0) is 17.8. The van der Waals surface area contributed by atoms with Crippen molar-refractivity contribution in [3.8, 4) is 11.5 Å². The lowest BCUT2D eigenvalue weighted by molar-refractivity contribution is 0.0957. The van der Waals surface area contributed by atoms with Crippen LogP contribution in [0, 0.1) is 0 Å². The molecular weight excluding hydrogens is 352 g/mol. The molecule has 4 heterocycles. The maximum absolute atomic E-state index is 12.3. The van der Waals surface area contributed by atoms with Crippen molar-refractivity contribution in [3.05, 3.63) is 52.2 Å². The van der Waals surface area contributed by atoms with E-state index in [0.29, 0.717) is 35.3 Å². The van der Waals surface area contributed by atoms with Gasteiger partial charge in [-0.2, -0.15) is 4.98 Å². The minimum Gasteiger partial charge on any atom is -0.373 e. The van der Waals surface area contributed by atoms with Crippen LogP contribution in [-0.4, -0.2) is 34.2 Å². The lowest BCUT2D eigenvalue weighted by atomic mass is 10.2. The average Bonchev–Trinajstić information content (AvgIpc) is 3.42. The Bertz CT molecular complexity index is 871. The minimum atomic E-state index is -0.0938. The van der Waals surface area contributed by atoms with Crippen molar-refractivity contribution >= 4 is 17.2 Å². The number of carbonyl (C=O) groups is 1. The summed E-state index contributed by atoms with van der Waals surface area (Å²) < 4.78 is 10.9. The van der Waals surface area contributed by atoms with Gasteiger partial charge in [-0.15, -0.1) is 11.3 Å². The van der Waals surface area contributed by atoms with Crippen molar-refractivity contribution in [2.24, 2.45) is 0 Å². The highest BCUT2D eigenvalue weighted by Gasteiger charge is 2.20. The Kier molecular flexibility index (Phi) is 5.03. The van der Waals surface area contributed by atoms with Crippen LogP contribution in [0.4, 0.5) is 0 Å². The first-order valence-corrected chi connectivity index (χ1v) is 9.35. The van der Waals surface area contributed by atoms with Gasteiger partial charge in [0.15, 0.2) is 0 Å². The van der Waals surface area contributed by atoms with Crippen molar-refractivity contribution in [3.63, 3.8) is 0 Å². The van der Waals surface area contributed by atoms with Gasteiger partial charge in [0.05, 0.1) is 11.0 Å². The number of nitrogens with zero attached hydrogens (tertiary/aromatic N) is 3. The molecule has 0 bridgehead atoms. The fraction of sp³-hybridized carbons (Fsp3) is 0.333. The molecule has 0 spiro atoms. The summed E-state index contributed by atoms with van der Waals surface area (Å²) in [4.78, 5) is 22.6. The van der Waals surface area contributed by atoms with Crippen molar-refractivity contribution in [1.29, 1.82) is 0 Å². The lowest BCUT2D eigenvalue weighted by Gasteiger charge is -2.05. The van der Waals surface area contributed by atoms with Gasteiger partial charge in [0.25, 0.3) is 5.91 Å². The summed E-state index contributed by atoms with van der Waals surface area (Å²) in [5, 5.41) is 6.80. The zero-order valence-electron chi connectivity index (χ0n) is 14.1. The SMILES string of the molecule is O=C(NCCc1nc(-c2ccccn2)no1)c1ccc([C@H]2CCCO2)s1. The second-order valence-electron chi connectivity index (χ2n) is 5.94. The number of nitrogens with one attached hydrogen (secondary N) is 1. The third-order valence-electron chi connectivity index (χ3n) is 4.08. The van der Waals surface area contributed by atoms with Gasteiger partial charge in [-0.1, -0.05) is 11.2 Å². The summed E-state index contributed by atoms with van der Waals surface area (Å²) in [5.74, 6) is 0.826. The molecule has 3 aromatic rings. The van der Waals surface area contributed by atoms with Crippen molar-refractivity contribution in [1.82, 2.24) is 20.4 Å². The van der Waals surface area contributed by atoms with E-state index in [2.05, 4.69) is 20.4 Å². The first kappa shape index (κ1) is 16.9. The number of carbonyl (C=O) groups excluding carboxylic acids is 1. The second kappa shape index (κ2) is 7.76. The number of ether oxygens (including phenoxy) is 1. The third-order valence-corrected chi connectivity index (χ3v) is 5.26. The van der Waals surface area contributed by atoms with E-state index in [9.17, 15) is 4.79 Å². The van der Waals surface area contributed by atoms with Crippen molar-refractivity contribution in [2.45, 2.75) is 25.4 Å². The van der Waals surface area contributed by atoms with Crippen LogP contribution in [-0.2, 0) is 11.2 Å². The van der Waals surface area contributed by atoms with Gasteiger partial charge in [-0.25, -0.2) is 0 Å². The molecule has 1 N–H and O–H groups in total. The van der Waals surface area contributed by atoms with E-state index in [0.717, 1.165) is 24.3 Å². The fourth-order valence-corrected chi connectivity index (χ4v) is 3.78. The van der Waals surface area contributed by atoms with E-state index in [-0.39, 0.29) is 12.0 Å². The Morgan fingerprint density at radius 3 is 3.08 bits per heavy atom. The van der Waals surface area contributed by atoms with Gasteiger partial charge in [0, 0.05) is 30.6 Å². The molecule has 0 radical (unpaired) electrons. The topological polar surface area (TPSA) is 90.1 Å². The molecule has 0 saturated carbocycles. The monoisotopic (exact) mass is 370 g/mol. The van der Waals surface area contributed by atoms with E-state index < -0.39 is 0 Å². The van der Waals surface area contributed by atoms with E-state index in [1.807, 2.05) is 30.3 Å². The second-order valence-corrected chi connectivity index (χ2v) is 7.05. The molecule has 7 nitrogen and oxygen atoms in total. The van der Waals surface area contributed by atoms with E-state index >= 15 is 0 Å². The molecule has 8 heteroatoms. The van der Waals surface area contributed by atoms with E-state index in [1.165, 1.54) is 11.3 Å². The predicted molar refractivity (Wildman–Crippen MR) is 95.8 cm³/mol. The standard InChI is InChI=1S/C18H18N4O3S/c23-18(15-7-6-14(26-15)13-5-3-11-24-13)20-10-8-16-21-17(22-25-16)12-4-1-2-9-19-12/h1-2,4,6-7,9,13H,3,5,8,10-11H2,(H,20,23)/t13-/m1/s1. The molecule has 1 aliphatic rings. The number of thiophene rings is 1. The molecule has 134 valence electrons. The van der Waals surface area contributed by atoms with Crippen LogP contribution in [0.1, 0.15) is 39.4 Å². The molecule has 1 amide bonds. The fourth-order valence-electron chi connectivity index (χ4n) is 2.78. The van der Waals surface area contributed by atoms with Gasteiger partial charge in [-0.3, -0.25) is 9.78 Å². The Morgan fingerprint density at radius 1 is 1.31 bits per heavy atom. The molecule has 4 rings (SSSR count). The molecule has 1 aliphatic heterocycles. The smallest absolute Gasteiger partial charge is 0.261 e. The summed E-state index contributed by atoms with van der Waals surface area (Å²) in [5.41, 5.74) is 0.659. The van der Waals surface area contributed by atoms with Crippen molar-refractivity contribution in [2.75, 3.05) is 13.2 Å². The van der Waals surface area contributed by atoms with Gasteiger partial charge < -0.3 is 14.6 Å². The molecule has 0 aliphatic carbocycles. The zero-order valence-corrected chi connectivity index (χ0v) is 14.9. The summed E-state index contributed by atoms with van der Waals surface area (Å²) >= 11 is 1.49. The molecular formula is C18H18N4O3S. The first-order chi connectivity index (χ1) is 12.8. The van der Waals surface area contributed by atoms with Crippen molar-refractivity contribution < 1.29 is 14.1 Å². The number of aromatic nitrogens is 3. The highest BCUT2D eigenvalue weighted by Crippen LogP contribution is 2.33.